The Hall–Kier alpha value is -2.86. The van der Waals surface area contributed by atoms with E-state index in [1.807, 2.05) is 43.3 Å². The highest BCUT2D eigenvalue weighted by Crippen LogP contribution is 2.35. The molecule has 0 aromatic heterocycles. The summed E-state index contributed by atoms with van der Waals surface area (Å²) >= 11 is 0. The maximum absolute atomic E-state index is 12.5. The van der Waals surface area contributed by atoms with E-state index in [4.69, 9.17) is 0 Å². The van der Waals surface area contributed by atoms with Gasteiger partial charge in [-0.1, -0.05) is 42.5 Å². The molecule has 0 aliphatic heterocycles. The zero-order chi connectivity index (χ0) is 25.3. The molecule has 6 nitrogen and oxygen atoms in total. The number of carbonyl (C=O) groups is 2. The van der Waals surface area contributed by atoms with E-state index in [9.17, 15) is 9.59 Å². The van der Waals surface area contributed by atoms with Gasteiger partial charge in [0.05, 0.1) is 0 Å². The Morgan fingerprint density at radius 3 is 2.09 bits per heavy atom. The average Bonchev–Trinajstić information content (AvgIpc) is 2.85. The standard InChI is InChI=1S/C29H42N4O2/c1-32(2)26-15-13-24(14-16-26)22-30-27(34)11-8-12-28(35)31-25-17-19-29(20-18-25,33(3)4)21-23-9-6-5-7-10-23/h5-7,9-10,13-16,25H,8,11-12,17-22H2,1-4H3,(H,30,34)(H,31,35). The Kier molecular flexibility index (Phi) is 9.73. The Morgan fingerprint density at radius 2 is 1.49 bits per heavy atom. The molecule has 1 aliphatic carbocycles. The van der Waals surface area contributed by atoms with E-state index in [2.05, 4.69) is 60.0 Å². The van der Waals surface area contributed by atoms with Gasteiger partial charge in [0.15, 0.2) is 0 Å². The van der Waals surface area contributed by atoms with E-state index >= 15 is 0 Å². The summed E-state index contributed by atoms with van der Waals surface area (Å²) in [6, 6.07) is 19.0. The maximum atomic E-state index is 12.5. The highest BCUT2D eigenvalue weighted by molar-refractivity contribution is 5.79. The zero-order valence-electron chi connectivity index (χ0n) is 21.8. The van der Waals surface area contributed by atoms with Gasteiger partial charge >= 0.3 is 0 Å². The number of rotatable bonds is 11. The van der Waals surface area contributed by atoms with Gasteiger partial charge in [-0.2, -0.15) is 0 Å². The molecule has 3 rings (SSSR count). The van der Waals surface area contributed by atoms with Crippen molar-refractivity contribution in [2.75, 3.05) is 33.1 Å². The number of carbonyl (C=O) groups excluding carboxylic acids is 2. The van der Waals surface area contributed by atoms with Crippen molar-refractivity contribution in [3.8, 4) is 0 Å². The minimum atomic E-state index is -0.0103. The molecule has 2 N–H and O–H groups in total. The van der Waals surface area contributed by atoms with Gasteiger partial charge in [-0.15, -0.1) is 0 Å². The van der Waals surface area contributed by atoms with Crippen molar-refractivity contribution in [1.82, 2.24) is 15.5 Å². The minimum absolute atomic E-state index is 0.0103. The summed E-state index contributed by atoms with van der Waals surface area (Å²) in [6.07, 6.45) is 6.48. The largest absolute Gasteiger partial charge is 0.378 e. The average molecular weight is 479 g/mol. The second-order valence-corrected chi connectivity index (χ2v) is 10.3. The molecule has 2 aromatic carbocycles. The molecule has 0 spiro atoms. The monoisotopic (exact) mass is 478 g/mol. The van der Waals surface area contributed by atoms with Gasteiger partial charge in [0.25, 0.3) is 0 Å². The molecule has 190 valence electrons. The van der Waals surface area contributed by atoms with E-state index in [0.717, 1.165) is 43.4 Å². The molecule has 0 saturated heterocycles. The number of anilines is 1. The third-order valence-electron chi connectivity index (χ3n) is 7.36. The van der Waals surface area contributed by atoms with E-state index in [0.29, 0.717) is 25.8 Å². The molecule has 0 bridgehead atoms. The number of hydrogen-bond acceptors (Lipinski definition) is 4. The van der Waals surface area contributed by atoms with Crippen molar-refractivity contribution >= 4 is 17.5 Å². The normalized spacial score (nSPS) is 19.9. The summed E-state index contributed by atoms with van der Waals surface area (Å²) in [7, 11) is 8.35. The summed E-state index contributed by atoms with van der Waals surface area (Å²) in [6.45, 7) is 0.511. The Morgan fingerprint density at radius 1 is 0.857 bits per heavy atom. The van der Waals surface area contributed by atoms with Crippen molar-refractivity contribution in [3.05, 3.63) is 65.7 Å². The van der Waals surface area contributed by atoms with Crippen LogP contribution in [-0.4, -0.2) is 56.5 Å². The Balaban J connectivity index is 1.34. The first-order chi connectivity index (χ1) is 16.8. The second kappa shape index (κ2) is 12.7. The quantitative estimate of drug-likeness (QED) is 0.510. The Labute approximate surface area is 211 Å². The molecule has 0 unspecified atom stereocenters. The molecule has 2 amide bonds. The number of nitrogens with one attached hydrogen (secondary N) is 2. The van der Waals surface area contributed by atoms with Crippen LogP contribution >= 0.6 is 0 Å². The van der Waals surface area contributed by atoms with Crippen molar-refractivity contribution in [2.24, 2.45) is 0 Å². The van der Waals surface area contributed by atoms with Crippen LogP contribution in [0.2, 0.25) is 0 Å². The lowest BCUT2D eigenvalue weighted by atomic mass is 9.75. The first-order valence-electron chi connectivity index (χ1n) is 12.8. The van der Waals surface area contributed by atoms with E-state index in [-0.39, 0.29) is 23.4 Å². The van der Waals surface area contributed by atoms with Crippen LogP contribution in [0.25, 0.3) is 0 Å². The van der Waals surface area contributed by atoms with Crippen molar-refractivity contribution < 1.29 is 9.59 Å². The molecule has 0 heterocycles. The highest BCUT2D eigenvalue weighted by atomic mass is 16.2. The molecular formula is C29H42N4O2. The van der Waals surface area contributed by atoms with Crippen LogP contribution in [0.5, 0.6) is 0 Å². The second-order valence-electron chi connectivity index (χ2n) is 10.3. The van der Waals surface area contributed by atoms with Crippen molar-refractivity contribution in [1.29, 1.82) is 0 Å². The molecule has 35 heavy (non-hydrogen) atoms. The van der Waals surface area contributed by atoms with E-state index in [1.54, 1.807) is 0 Å². The van der Waals surface area contributed by atoms with Crippen LogP contribution < -0.4 is 15.5 Å². The smallest absolute Gasteiger partial charge is 0.220 e. The number of hydrogen-bond donors (Lipinski definition) is 2. The lowest BCUT2D eigenvalue weighted by Crippen LogP contribution is -2.52. The van der Waals surface area contributed by atoms with Gasteiger partial charge in [0.2, 0.25) is 11.8 Å². The zero-order valence-corrected chi connectivity index (χ0v) is 21.8. The number of nitrogens with zero attached hydrogens (tertiary/aromatic N) is 2. The maximum Gasteiger partial charge on any atom is 0.220 e. The van der Waals surface area contributed by atoms with Gasteiger partial charge in [-0.05, 0) is 75.9 Å². The summed E-state index contributed by atoms with van der Waals surface area (Å²) in [5, 5.41) is 6.17. The van der Waals surface area contributed by atoms with Gasteiger partial charge in [-0.3, -0.25) is 9.59 Å². The molecule has 2 aromatic rings. The third kappa shape index (κ3) is 8.10. The van der Waals surface area contributed by atoms with Crippen LogP contribution in [0.3, 0.4) is 0 Å². The summed E-state index contributed by atoms with van der Waals surface area (Å²) in [5.41, 5.74) is 3.72. The van der Waals surface area contributed by atoms with Crippen LogP contribution in [0.4, 0.5) is 5.69 Å². The van der Waals surface area contributed by atoms with E-state index < -0.39 is 0 Å². The molecule has 0 atom stereocenters. The van der Waals surface area contributed by atoms with Crippen LogP contribution in [0, 0.1) is 0 Å². The van der Waals surface area contributed by atoms with Gasteiger partial charge < -0.3 is 20.4 Å². The summed E-state index contributed by atoms with van der Waals surface area (Å²) in [5.74, 6) is 0.0475. The van der Waals surface area contributed by atoms with Crippen LogP contribution in [-0.2, 0) is 22.6 Å². The predicted octanol–water partition coefficient (Wildman–Crippen LogP) is 4.14. The van der Waals surface area contributed by atoms with Crippen LogP contribution in [0.15, 0.2) is 54.6 Å². The number of likely N-dealkylation sites (N-methyl/N-ethyl adjacent to an activating group) is 1. The molecule has 6 heteroatoms. The first kappa shape index (κ1) is 26.7. The highest BCUT2D eigenvalue weighted by Gasteiger charge is 2.37. The third-order valence-corrected chi connectivity index (χ3v) is 7.36. The topological polar surface area (TPSA) is 64.7 Å². The Bertz CT molecular complexity index is 933. The fraction of sp³-hybridized carbons (Fsp3) is 0.517. The number of benzene rings is 2. The number of amides is 2. The molecule has 1 aliphatic rings. The van der Waals surface area contributed by atoms with Gasteiger partial charge in [-0.25, -0.2) is 0 Å². The fourth-order valence-corrected chi connectivity index (χ4v) is 4.97. The van der Waals surface area contributed by atoms with Crippen LogP contribution in [0.1, 0.15) is 56.1 Å². The van der Waals surface area contributed by atoms with Gasteiger partial charge in [0, 0.05) is 50.7 Å². The van der Waals surface area contributed by atoms with Gasteiger partial charge in [0.1, 0.15) is 0 Å². The lowest BCUT2D eigenvalue weighted by molar-refractivity contribution is -0.123. The first-order valence-corrected chi connectivity index (χ1v) is 12.8. The summed E-state index contributed by atoms with van der Waals surface area (Å²) < 4.78 is 0. The molecule has 0 radical (unpaired) electrons. The fourth-order valence-electron chi connectivity index (χ4n) is 4.97. The molecule has 1 fully saturated rings. The van der Waals surface area contributed by atoms with Crippen molar-refractivity contribution in [2.45, 2.75) is 69.5 Å². The van der Waals surface area contributed by atoms with Crippen molar-refractivity contribution in [3.63, 3.8) is 0 Å². The molecule has 1 saturated carbocycles. The van der Waals surface area contributed by atoms with E-state index in [1.165, 1.54) is 5.56 Å². The summed E-state index contributed by atoms with van der Waals surface area (Å²) in [4.78, 5) is 29.1. The molecular weight excluding hydrogens is 436 g/mol. The minimum Gasteiger partial charge on any atom is -0.378 e. The SMILES string of the molecule is CN(C)c1ccc(CNC(=O)CCCC(=O)NC2CCC(Cc3ccccc3)(N(C)C)CC2)cc1. The predicted molar refractivity (Wildman–Crippen MR) is 143 cm³/mol. The lowest BCUT2D eigenvalue weighted by Gasteiger charge is -2.45.